The minimum absolute atomic E-state index is 0.00392. The van der Waals surface area contributed by atoms with Crippen LogP contribution in [0.2, 0.25) is 0 Å². The summed E-state index contributed by atoms with van der Waals surface area (Å²) in [5.74, 6) is -0.759. The highest BCUT2D eigenvalue weighted by Gasteiger charge is 2.19. The molecule has 7 nitrogen and oxygen atoms in total. The topological polar surface area (TPSA) is 120 Å². The third-order valence-corrected chi connectivity index (χ3v) is 3.61. The molecule has 1 aromatic heterocycles. The number of ether oxygens (including phenoxy) is 1. The molecule has 7 heteroatoms. The van der Waals surface area contributed by atoms with Crippen molar-refractivity contribution in [3.63, 3.8) is 0 Å². The summed E-state index contributed by atoms with van der Waals surface area (Å²) in [7, 11) is 0. The van der Waals surface area contributed by atoms with E-state index in [2.05, 4.69) is 0 Å². The number of hydrogen-bond donors (Lipinski definition) is 4. The van der Waals surface area contributed by atoms with Gasteiger partial charge in [-0.25, -0.2) is 0 Å². The number of hydrogen-bond acceptors (Lipinski definition) is 7. The van der Waals surface area contributed by atoms with Crippen LogP contribution in [0, 0.1) is 0 Å². The number of aliphatic hydroxyl groups is 1. The minimum atomic E-state index is -0.705. The van der Waals surface area contributed by atoms with E-state index in [4.69, 9.17) is 14.3 Å². The number of phenols is 2. The SMILES string of the molecule is O=c1c(O)c(-c2ccc(O)cc2)oc2cc(O)cc(OCCCO)c12. The molecule has 0 atom stereocenters. The maximum Gasteiger partial charge on any atom is 0.238 e. The summed E-state index contributed by atoms with van der Waals surface area (Å²) in [5.41, 5.74) is -0.270. The second kappa shape index (κ2) is 6.74. The highest BCUT2D eigenvalue weighted by Crippen LogP contribution is 2.35. The molecule has 0 bridgehead atoms. The van der Waals surface area contributed by atoms with E-state index < -0.39 is 11.2 Å². The fraction of sp³-hybridized carbons (Fsp3) is 0.167. The lowest BCUT2D eigenvalue weighted by Gasteiger charge is -2.11. The highest BCUT2D eigenvalue weighted by molar-refractivity contribution is 5.88. The monoisotopic (exact) mass is 344 g/mol. The van der Waals surface area contributed by atoms with E-state index in [9.17, 15) is 20.1 Å². The fourth-order valence-corrected chi connectivity index (χ4v) is 2.43. The fourth-order valence-electron chi connectivity index (χ4n) is 2.43. The van der Waals surface area contributed by atoms with Gasteiger partial charge in [-0.15, -0.1) is 0 Å². The zero-order chi connectivity index (χ0) is 18.0. The van der Waals surface area contributed by atoms with Crippen molar-refractivity contribution in [2.75, 3.05) is 13.2 Å². The zero-order valence-electron chi connectivity index (χ0n) is 13.1. The molecule has 0 aliphatic rings. The van der Waals surface area contributed by atoms with Crippen LogP contribution in [-0.2, 0) is 0 Å². The molecule has 0 saturated heterocycles. The van der Waals surface area contributed by atoms with Gasteiger partial charge in [0.25, 0.3) is 0 Å². The lowest BCUT2D eigenvalue weighted by atomic mass is 10.1. The van der Waals surface area contributed by atoms with E-state index in [1.807, 2.05) is 0 Å². The van der Waals surface area contributed by atoms with E-state index in [1.54, 1.807) is 0 Å². The molecule has 0 radical (unpaired) electrons. The molecule has 3 aromatic rings. The predicted octanol–water partition coefficient (Wildman–Crippen LogP) is 2.34. The average Bonchev–Trinajstić information content (AvgIpc) is 2.58. The third-order valence-electron chi connectivity index (χ3n) is 3.61. The molecule has 0 spiro atoms. The molecule has 0 aliphatic carbocycles. The van der Waals surface area contributed by atoms with Gasteiger partial charge in [0.2, 0.25) is 11.2 Å². The van der Waals surface area contributed by atoms with Gasteiger partial charge in [-0.05, 0) is 24.3 Å². The van der Waals surface area contributed by atoms with Crippen LogP contribution in [0.1, 0.15) is 6.42 Å². The van der Waals surface area contributed by atoms with Crippen molar-refractivity contribution in [3.8, 4) is 34.3 Å². The number of rotatable bonds is 5. The Balaban J connectivity index is 2.19. The Morgan fingerprint density at radius 3 is 2.40 bits per heavy atom. The van der Waals surface area contributed by atoms with Crippen LogP contribution in [0.5, 0.6) is 23.0 Å². The Bertz CT molecular complexity index is 958. The van der Waals surface area contributed by atoms with Crippen molar-refractivity contribution in [2.24, 2.45) is 0 Å². The van der Waals surface area contributed by atoms with Crippen molar-refractivity contribution < 1.29 is 29.6 Å². The first-order chi connectivity index (χ1) is 12.0. The van der Waals surface area contributed by atoms with Gasteiger partial charge in [-0.2, -0.15) is 0 Å². The summed E-state index contributed by atoms with van der Waals surface area (Å²) < 4.78 is 11.0. The van der Waals surface area contributed by atoms with Gasteiger partial charge in [-0.3, -0.25) is 4.79 Å². The van der Waals surface area contributed by atoms with Gasteiger partial charge in [0, 0.05) is 30.7 Å². The molecule has 25 heavy (non-hydrogen) atoms. The number of aromatic hydroxyl groups is 3. The normalized spacial score (nSPS) is 10.9. The molecule has 0 unspecified atom stereocenters. The first-order valence-corrected chi connectivity index (χ1v) is 7.57. The molecule has 1 heterocycles. The van der Waals surface area contributed by atoms with Crippen LogP contribution in [0.4, 0.5) is 0 Å². The molecule has 0 amide bonds. The lowest BCUT2D eigenvalue weighted by Crippen LogP contribution is -2.07. The summed E-state index contributed by atoms with van der Waals surface area (Å²) in [6.45, 7) is 0.0522. The number of fused-ring (bicyclic) bond motifs is 1. The zero-order valence-corrected chi connectivity index (χ0v) is 13.1. The van der Waals surface area contributed by atoms with Gasteiger partial charge in [-0.1, -0.05) is 0 Å². The predicted molar refractivity (Wildman–Crippen MR) is 90.1 cm³/mol. The van der Waals surface area contributed by atoms with Crippen LogP contribution >= 0.6 is 0 Å². The van der Waals surface area contributed by atoms with Crippen LogP contribution < -0.4 is 10.2 Å². The molecule has 2 aromatic carbocycles. The molecule has 0 saturated carbocycles. The van der Waals surface area contributed by atoms with Crippen LogP contribution in [0.15, 0.2) is 45.6 Å². The number of phenolic OH excluding ortho intramolecular Hbond substituents is 2. The molecule has 3 rings (SSSR count). The molecule has 4 N–H and O–H groups in total. The number of aliphatic hydroxyl groups excluding tert-OH is 1. The second-order valence-electron chi connectivity index (χ2n) is 5.40. The Morgan fingerprint density at radius 1 is 1.00 bits per heavy atom. The summed E-state index contributed by atoms with van der Waals surface area (Å²) in [4.78, 5) is 12.6. The van der Waals surface area contributed by atoms with Crippen LogP contribution in [-0.4, -0.2) is 33.6 Å². The summed E-state index contributed by atoms with van der Waals surface area (Å²) >= 11 is 0. The summed E-state index contributed by atoms with van der Waals surface area (Å²) in [5, 5.41) is 38.3. The van der Waals surface area contributed by atoms with Crippen LogP contribution in [0.25, 0.3) is 22.3 Å². The number of benzene rings is 2. The van der Waals surface area contributed by atoms with Gasteiger partial charge in [0.1, 0.15) is 28.2 Å². The molecule has 0 fully saturated rings. The van der Waals surface area contributed by atoms with Crippen LogP contribution in [0.3, 0.4) is 0 Å². The maximum atomic E-state index is 12.6. The summed E-state index contributed by atoms with van der Waals surface area (Å²) in [6.07, 6.45) is 0.347. The van der Waals surface area contributed by atoms with Crippen molar-refractivity contribution >= 4 is 11.0 Å². The minimum Gasteiger partial charge on any atom is -0.508 e. The molecular formula is C18H16O7. The van der Waals surface area contributed by atoms with E-state index in [-0.39, 0.29) is 47.2 Å². The van der Waals surface area contributed by atoms with E-state index in [1.165, 1.54) is 36.4 Å². The largest absolute Gasteiger partial charge is 0.508 e. The smallest absolute Gasteiger partial charge is 0.238 e. The van der Waals surface area contributed by atoms with Crippen molar-refractivity contribution in [3.05, 3.63) is 46.6 Å². The Kier molecular flexibility index (Phi) is 4.49. The first kappa shape index (κ1) is 16.7. The highest BCUT2D eigenvalue weighted by atomic mass is 16.5. The Hall–Kier alpha value is -3.19. The quantitative estimate of drug-likeness (QED) is 0.524. The van der Waals surface area contributed by atoms with Gasteiger partial charge >= 0.3 is 0 Å². The van der Waals surface area contributed by atoms with Gasteiger partial charge < -0.3 is 29.6 Å². The van der Waals surface area contributed by atoms with Gasteiger partial charge in [0.15, 0.2) is 5.76 Å². The third kappa shape index (κ3) is 3.22. The van der Waals surface area contributed by atoms with Crippen molar-refractivity contribution in [2.45, 2.75) is 6.42 Å². The average molecular weight is 344 g/mol. The molecule has 0 aliphatic heterocycles. The van der Waals surface area contributed by atoms with Gasteiger partial charge in [0.05, 0.1) is 6.61 Å². The second-order valence-corrected chi connectivity index (χ2v) is 5.40. The van der Waals surface area contributed by atoms with Crippen molar-refractivity contribution in [1.29, 1.82) is 0 Å². The van der Waals surface area contributed by atoms with E-state index in [0.717, 1.165) is 0 Å². The lowest BCUT2D eigenvalue weighted by molar-refractivity contribution is 0.234. The standard InChI is InChI=1S/C18H16O7/c19-6-1-7-24-13-8-12(21)9-14-15(13)16(22)17(23)18(25-14)10-2-4-11(20)5-3-10/h2-5,8-9,19-21,23H,1,6-7H2. The first-order valence-electron chi connectivity index (χ1n) is 7.57. The summed E-state index contributed by atoms with van der Waals surface area (Å²) in [6, 6.07) is 8.26. The van der Waals surface area contributed by atoms with Crippen molar-refractivity contribution in [1.82, 2.24) is 0 Å². The maximum absolute atomic E-state index is 12.6. The Morgan fingerprint density at radius 2 is 1.72 bits per heavy atom. The Labute approximate surface area is 142 Å². The van der Waals surface area contributed by atoms with E-state index in [0.29, 0.717) is 12.0 Å². The van der Waals surface area contributed by atoms with E-state index >= 15 is 0 Å². The molecular weight excluding hydrogens is 328 g/mol. The molecule has 130 valence electrons.